The van der Waals surface area contributed by atoms with Gasteiger partial charge in [0.2, 0.25) is 0 Å². The molecule has 1 heterocycles. The highest BCUT2D eigenvalue weighted by molar-refractivity contribution is 7.93. The smallest absolute Gasteiger partial charge is 0.339 e. The lowest BCUT2D eigenvalue weighted by Crippen LogP contribution is -2.13. The summed E-state index contributed by atoms with van der Waals surface area (Å²) in [5, 5.41) is 18.4. The molecule has 0 saturated heterocycles. The Morgan fingerprint density at radius 1 is 1.40 bits per heavy atom. The van der Waals surface area contributed by atoms with Crippen LogP contribution in [-0.4, -0.2) is 29.6 Å². The molecule has 106 valence electrons. The SMILES string of the molecule is Cc1cnc(NS(=O)(=O)c2ccc(O)c(C(=O)O)c2)s1. The minimum atomic E-state index is -3.95. The van der Waals surface area contributed by atoms with Crippen LogP contribution in [0.2, 0.25) is 0 Å². The van der Waals surface area contributed by atoms with E-state index in [1.807, 2.05) is 0 Å². The maximum Gasteiger partial charge on any atom is 0.339 e. The number of aromatic hydroxyl groups is 1. The standard InChI is InChI=1S/C11H10N2O5S2/c1-6-5-12-11(19-6)13-20(17,18)7-2-3-9(14)8(4-7)10(15)16/h2-5,14H,1H3,(H,12,13)(H,15,16). The third kappa shape index (κ3) is 2.89. The minimum Gasteiger partial charge on any atom is -0.507 e. The second-order valence-corrected chi connectivity index (χ2v) is 6.78. The average Bonchev–Trinajstić information content (AvgIpc) is 2.73. The molecule has 20 heavy (non-hydrogen) atoms. The Morgan fingerprint density at radius 3 is 2.65 bits per heavy atom. The van der Waals surface area contributed by atoms with Gasteiger partial charge < -0.3 is 10.2 Å². The van der Waals surface area contributed by atoms with Gasteiger partial charge >= 0.3 is 5.97 Å². The topological polar surface area (TPSA) is 117 Å². The maximum absolute atomic E-state index is 12.1. The molecule has 2 aromatic rings. The molecule has 0 amide bonds. The Balaban J connectivity index is 2.39. The molecule has 9 heteroatoms. The molecule has 0 atom stereocenters. The summed E-state index contributed by atoms with van der Waals surface area (Å²) in [6, 6.07) is 3.02. The van der Waals surface area contributed by atoms with Gasteiger partial charge in [0.1, 0.15) is 11.3 Å². The maximum atomic E-state index is 12.1. The number of hydrogen-bond donors (Lipinski definition) is 3. The van der Waals surface area contributed by atoms with E-state index in [0.717, 1.165) is 34.4 Å². The van der Waals surface area contributed by atoms with Crippen molar-refractivity contribution in [1.82, 2.24) is 4.98 Å². The fourth-order valence-corrected chi connectivity index (χ4v) is 3.36. The zero-order chi connectivity index (χ0) is 14.9. The van der Waals surface area contributed by atoms with E-state index in [2.05, 4.69) is 9.71 Å². The van der Waals surface area contributed by atoms with Gasteiger partial charge in [-0.05, 0) is 25.1 Å². The second-order valence-electron chi connectivity index (χ2n) is 3.87. The average molecular weight is 314 g/mol. The zero-order valence-electron chi connectivity index (χ0n) is 10.2. The largest absolute Gasteiger partial charge is 0.507 e. The van der Waals surface area contributed by atoms with Gasteiger partial charge in [-0.2, -0.15) is 0 Å². The number of benzene rings is 1. The number of sulfonamides is 1. The first-order chi connectivity index (χ1) is 9.29. The third-order valence-corrected chi connectivity index (χ3v) is 4.65. The van der Waals surface area contributed by atoms with E-state index in [4.69, 9.17) is 5.11 Å². The minimum absolute atomic E-state index is 0.187. The Hall–Kier alpha value is -2.13. The molecule has 0 aliphatic heterocycles. The summed E-state index contributed by atoms with van der Waals surface area (Å²) >= 11 is 1.16. The molecule has 0 aliphatic carbocycles. The lowest BCUT2D eigenvalue weighted by atomic mass is 10.2. The fourth-order valence-electron chi connectivity index (χ4n) is 1.43. The summed E-state index contributed by atoms with van der Waals surface area (Å²) in [6.45, 7) is 1.78. The number of carboxylic acid groups (broad SMARTS) is 1. The van der Waals surface area contributed by atoms with E-state index < -0.39 is 27.3 Å². The van der Waals surface area contributed by atoms with Crippen LogP contribution in [0.1, 0.15) is 15.2 Å². The van der Waals surface area contributed by atoms with Crippen LogP contribution in [0.3, 0.4) is 0 Å². The van der Waals surface area contributed by atoms with Crippen LogP contribution in [0.5, 0.6) is 5.75 Å². The highest BCUT2D eigenvalue weighted by atomic mass is 32.2. The molecule has 2 rings (SSSR count). The Bertz CT molecular complexity index is 767. The van der Waals surface area contributed by atoms with Gasteiger partial charge in [-0.25, -0.2) is 18.2 Å². The number of anilines is 1. The Kier molecular flexibility index (Phi) is 3.64. The summed E-state index contributed by atoms with van der Waals surface area (Å²) < 4.78 is 26.4. The Labute approximate surface area is 118 Å². The van der Waals surface area contributed by atoms with Gasteiger partial charge in [-0.3, -0.25) is 4.72 Å². The number of aromatic nitrogens is 1. The van der Waals surface area contributed by atoms with Crippen LogP contribution >= 0.6 is 11.3 Å². The summed E-state index contributed by atoms with van der Waals surface area (Å²) in [5.74, 6) is -1.91. The third-order valence-electron chi connectivity index (χ3n) is 2.35. The number of hydrogen-bond acceptors (Lipinski definition) is 6. The molecular weight excluding hydrogens is 304 g/mol. The van der Waals surface area contributed by atoms with Crippen molar-refractivity contribution in [3.05, 3.63) is 34.8 Å². The summed E-state index contributed by atoms with van der Waals surface area (Å²) in [7, 11) is -3.95. The van der Waals surface area contributed by atoms with Gasteiger partial charge in [-0.15, -0.1) is 11.3 Å². The van der Waals surface area contributed by atoms with E-state index in [0.29, 0.717) is 0 Å². The zero-order valence-corrected chi connectivity index (χ0v) is 11.8. The lowest BCUT2D eigenvalue weighted by Gasteiger charge is -2.07. The number of aryl methyl sites for hydroxylation is 1. The molecule has 0 fully saturated rings. The van der Waals surface area contributed by atoms with Crippen LogP contribution in [-0.2, 0) is 10.0 Å². The number of phenols is 1. The van der Waals surface area contributed by atoms with E-state index in [1.54, 1.807) is 6.92 Å². The molecular formula is C11H10N2O5S2. The molecule has 0 spiro atoms. The summed E-state index contributed by atoms with van der Waals surface area (Å²) in [4.78, 5) is 15.3. The van der Waals surface area contributed by atoms with Crippen LogP contribution in [0.25, 0.3) is 0 Å². The van der Waals surface area contributed by atoms with Crippen LogP contribution in [0, 0.1) is 6.92 Å². The molecule has 7 nitrogen and oxygen atoms in total. The van der Waals surface area contributed by atoms with Crippen molar-refractivity contribution in [1.29, 1.82) is 0 Å². The van der Waals surface area contributed by atoms with Crippen molar-refractivity contribution in [2.24, 2.45) is 0 Å². The van der Waals surface area contributed by atoms with E-state index in [-0.39, 0.29) is 10.0 Å². The quantitative estimate of drug-likeness (QED) is 0.790. The molecule has 3 N–H and O–H groups in total. The van der Waals surface area contributed by atoms with Gasteiger partial charge in [0.25, 0.3) is 10.0 Å². The van der Waals surface area contributed by atoms with E-state index >= 15 is 0 Å². The normalized spacial score (nSPS) is 11.2. The summed E-state index contributed by atoms with van der Waals surface area (Å²) in [6.07, 6.45) is 1.52. The van der Waals surface area contributed by atoms with E-state index in [9.17, 15) is 18.3 Å². The molecule has 1 aromatic carbocycles. The highest BCUT2D eigenvalue weighted by Gasteiger charge is 2.19. The number of aromatic carboxylic acids is 1. The number of carboxylic acids is 1. The fraction of sp³-hybridized carbons (Fsp3) is 0.0909. The van der Waals surface area contributed by atoms with Gasteiger partial charge in [0, 0.05) is 11.1 Å². The number of thiazole rings is 1. The number of nitrogens with one attached hydrogen (secondary N) is 1. The van der Waals surface area contributed by atoms with Crippen molar-refractivity contribution >= 4 is 32.5 Å². The molecule has 0 saturated carbocycles. The molecule has 0 unspecified atom stereocenters. The second kappa shape index (κ2) is 5.10. The first-order valence-corrected chi connectivity index (χ1v) is 7.61. The number of rotatable bonds is 4. The van der Waals surface area contributed by atoms with Crippen molar-refractivity contribution < 1.29 is 23.4 Å². The van der Waals surface area contributed by atoms with Gasteiger partial charge in [0.05, 0.1) is 4.90 Å². The molecule has 0 aliphatic rings. The molecule has 0 bridgehead atoms. The predicted octanol–water partition coefficient (Wildman–Crippen LogP) is 1.66. The highest BCUT2D eigenvalue weighted by Crippen LogP contribution is 2.24. The van der Waals surface area contributed by atoms with Crippen LogP contribution < -0.4 is 4.72 Å². The van der Waals surface area contributed by atoms with E-state index in [1.165, 1.54) is 6.20 Å². The first-order valence-electron chi connectivity index (χ1n) is 5.31. The monoisotopic (exact) mass is 314 g/mol. The lowest BCUT2D eigenvalue weighted by molar-refractivity contribution is 0.0693. The first kappa shape index (κ1) is 14.3. The van der Waals surface area contributed by atoms with Crippen molar-refractivity contribution in [3.63, 3.8) is 0 Å². The molecule has 1 aromatic heterocycles. The Morgan fingerprint density at radius 2 is 2.10 bits per heavy atom. The van der Waals surface area contributed by atoms with Crippen molar-refractivity contribution in [2.75, 3.05) is 4.72 Å². The van der Waals surface area contributed by atoms with Crippen molar-refractivity contribution in [2.45, 2.75) is 11.8 Å². The molecule has 0 radical (unpaired) electrons. The number of nitrogens with zero attached hydrogens (tertiary/aromatic N) is 1. The summed E-state index contributed by atoms with van der Waals surface area (Å²) in [5.41, 5.74) is -0.483. The van der Waals surface area contributed by atoms with Crippen LogP contribution in [0.4, 0.5) is 5.13 Å². The van der Waals surface area contributed by atoms with Crippen LogP contribution in [0.15, 0.2) is 29.3 Å². The van der Waals surface area contributed by atoms with Gasteiger partial charge in [-0.1, -0.05) is 0 Å². The van der Waals surface area contributed by atoms with Gasteiger partial charge in [0.15, 0.2) is 5.13 Å². The van der Waals surface area contributed by atoms with Crippen molar-refractivity contribution in [3.8, 4) is 5.75 Å². The predicted molar refractivity (Wildman–Crippen MR) is 72.7 cm³/mol. The number of carbonyl (C=O) groups is 1.